The Kier molecular flexibility index (Phi) is 2.68. The number of hydrogen-bond donors (Lipinski definition) is 0. The Hall–Kier alpha value is -0.180. The monoisotopic (exact) mass is 191 g/mol. The van der Waals surface area contributed by atoms with Crippen LogP contribution in [0.25, 0.3) is 0 Å². The number of hydrogen-bond acceptors (Lipinski definition) is 1. The van der Waals surface area contributed by atoms with Crippen LogP contribution in [0.1, 0.15) is 34.1 Å². The number of alkyl halides is 2. The van der Waals surface area contributed by atoms with Gasteiger partial charge in [-0.2, -0.15) is 0 Å². The summed E-state index contributed by atoms with van der Waals surface area (Å²) < 4.78 is 25.3. The molecule has 13 heavy (non-hydrogen) atoms. The molecule has 0 aromatic heterocycles. The molecule has 0 aromatic rings. The molecule has 0 amide bonds. The Labute approximate surface area is 79.1 Å². The molecular formula is C10H19F2N. The SMILES string of the molecule is CC1(C(F)F)CCN(C(C)(C)C)C1. The van der Waals surface area contributed by atoms with Gasteiger partial charge in [0.2, 0.25) is 6.43 Å². The molecule has 0 aromatic carbocycles. The molecule has 0 spiro atoms. The quantitative estimate of drug-likeness (QED) is 0.616. The smallest absolute Gasteiger partial charge is 0.245 e. The molecule has 0 N–H and O–H groups in total. The first-order chi connectivity index (χ1) is 5.76. The van der Waals surface area contributed by atoms with Gasteiger partial charge in [-0.15, -0.1) is 0 Å². The number of likely N-dealkylation sites (tertiary alicyclic amines) is 1. The van der Waals surface area contributed by atoms with E-state index in [1.54, 1.807) is 6.92 Å². The van der Waals surface area contributed by atoms with E-state index >= 15 is 0 Å². The average molecular weight is 191 g/mol. The molecule has 1 heterocycles. The molecule has 0 radical (unpaired) electrons. The van der Waals surface area contributed by atoms with Crippen molar-refractivity contribution in [1.29, 1.82) is 0 Å². The first kappa shape index (κ1) is 10.9. The molecule has 1 nitrogen and oxygen atoms in total. The summed E-state index contributed by atoms with van der Waals surface area (Å²) in [5.74, 6) is 0. The highest BCUT2D eigenvalue weighted by molar-refractivity contribution is 4.92. The second-order valence-electron chi connectivity index (χ2n) is 5.30. The summed E-state index contributed by atoms with van der Waals surface area (Å²) in [4.78, 5) is 2.14. The van der Waals surface area contributed by atoms with Gasteiger partial charge in [-0.3, -0.25) is 4.90 Å². The fourth-order valence-corrected chi connectivity index (χ4v) is 1.74. The Bertz CT molecular complexity index is 186. The van der Waals surface area contributed by atoms with E-state index in [-0.39, 0.29) is 5.54 Å². The second-order valence-corrected chi connectivity index (χ2v) is 5.30. The third-order valence-electron chi connectivity index (χ3n) is 2.98. The van der Waals surface area contributed by atoms with Crippen LogP contribution in [-0.4, -0.2) is 30.0 Å². The molecule has 1 aliphatic rings. The average Bonchev–Trinajstić information content (AvgIpc) is 2.31. The zero-order valence-corrected chi connectivity index (χ0v) is 8.90. The van der Waals surface area contributed by atoms with Crippen LogP contribution in [0, 0.1) is 5.41 Å². The fourth-order valence-electron chi connectivity index (χ4n) is 1.74. The molecule has 78 valence electrons. The summed E-state index contributed by atoms with van der Waals surface area (Å²) >= 11 is 0. The first-order valence-electron chi connectivity index (χ1n) is 4.79. The largest absolute Gasteiger partial charge is 0.298 e. The van der Waals surface area contributed by atoms with Gasteiger partial charge < -0.3 is 0 Å². The van der Waals surface area contributed by atoms with Crippen LogP contribution in [-0.2, 0) is 0 Å². The summed E-state index contributed by atoms with van der Waals surface area (Å²) in [6, 6.07) is 0. The van der Waals surface area contributed by atoms with Crippen molar-refractivity contribution >= 4 is 0 Å². The highest BCUT2D eigenvalue weighted by atomic mass is 19.3. The van der Waals surface area contributed by atoms with Crippen LogP contribution in [0.5, 0.6) is 0 Å². The van der Waals surface area contributed by atoms with Crippen LogP contribution in [0.2, 0.25) is 0 Å². The van der Waals surface area contributed by atoms with Gasteiger partial charge >= 0.3 is 0 Å². The van der Waals surface area contributed by atoms with Crippen molar-refractivity contribution in [1.82, 2.24) is 4.90 Å². The second kappa shape index (κ2) is 3.19. The van der Waals surface area contributed by atoms with Crippen molar-refractivity contribution < 1.29 is 8.78 Å². The van der Waals surface area contributed by atoms with Crippen molar-refractivity contribution in [3.8, 4) is 0 Å². The van der Waals surface area contributed by atoms with Crippen molar-refractivity contribution in [2.24, 2.45) is 5.41 Å². The predicted octanol–water partition coefficient (Wildman–Crippen LogP) is 2.76. The standard InChI is InChI=1S/C10H19F2N/c1-9(2,3)13-6-5-10(4,7-13)8(11)12/h8H,5-7H2,1-4H3. The molecule has 1 atom stereocenters. The summed E-state index contributed by atoms with van der Waals surface area (Å²) in [5, 5.41) is 0. The third-order valence-corrected chi connectivity index (χ3v) is 2.98. The van der Waals surface area contributed by atoms with Gasteiger partial charge in [0.05, 0.1) is 0 Å². The maximum Gasteiger partial charge on any atom is 0.245 e. The molecule has 1 saturated heterocycles. The van der Waals surface area contributed by atoms with Crippen LogP contribution < -0.4 is 0 Å². The molecule has 1 rings (SSSR count). The molecule has 0 aliphatic carbocycles. The fraction of sp³-hybridized carbons (Fsp3) is 1.00. The van der Waals surface area contributed by atoms with Crippen LogP contribution in [0.15, 0.2) is 0 Å². The molecule has 1 unspecified atom stereocenters. The minimum Gasteiger partial charge on any atom is -0.298 e. The van der Waals surface area contributed by atoms with E-state index in [2.05, 4.69) is 25.7 Å². The number of rotatable bonds is 1. The highest BCUT2D eigenvalue weighted by Gasteiger charge is 2.44. The predicted molar refractivity (Wildman–Crippen MR) is 50.1 cm³/mol. The molecule has 0 bridgehead atoms. The number of halogens is 2. The topological polar surface area (TPSA) is 3.24 Å². The van der Waals surface area contributed by atoms with Gasteiger partial charge in [-0.25, -0.2) is 8.78 Å². The van der Waals surface area contributed by atoms with Gasteiger partial charge in [-0.05, 0) is 33.7 Å². The van der Waals surface area contributed by atoms with E-state index in [1.165, 1.54) is 0 Å². The maximum atomic E-state index is 12.7. The summed E-state index contributed by atoms with van der Waals surface area (Å²) in [6.07, 6.45) is -1.58. The molecule has 3 heteroatoms. The lowest BCUT2D eigenvalue weighted by molar-refractivity contribution is 0.00686. The van der Waals surface area contributed by atoms with E-state index in [0.29, 0.717) is 13.0 Å². The van der Waals surface area contributed by atoms with Gasteiger partial charge in [0, 0.05) is 17.5 Å². The van der Waals surface area contributed by atoms with Crippen molar-refractivity contribution in [2.45, 2.75) is 46.1 Å². The lowest BCUT2D eigenvalue weighted by Gasteiger charge is -2.33. The van der Waals surface area contributed by atoms with Crippen LogP contribution >= 0.6 is 0 Å². The summed E-state index contributed by atoms with van der Waals surface area (Å²) in [7, 11) is 0. The van der Waals surface area contributed by atoms with E-state index in [1.807, 2.05) is 0 Å². The number of nitrogens with zero attached hydrogens (tertiary/aromatic N) is 1. The minimum absolute atomic E-state index is 0.0205. The van der Waals surface area contributed by atoms with Crippen molar-refractivity contribution in [2.75, 3.05) is 13.1 Å². The Morgan fingerprint density at radius 3 is 2.08 bits per heavy atom. The third kappa shape index (κ3) is 2.19. The van der Waals surface area contributed by atoms with Gasteiger partial charge in [0.25, 0.3) is 0 Å². The lowest BCUT2D eigenvalue weighted by atomic mass is 9.90. The Morgan fingerprint density at radius 2 is 1.85 bits per heavy atom. The van der Waals surface area contributed by atoms with E-state index in [0.717, 1.165) is 6.54 Å². The molecule has 1 fully saturated rings. The van der Waals surface area contributed by atoms with E-state index in [9.17, 15) is 8.78 Å². The van der Waals surface area contributed by atoms with Crippen molar-refractivity contribution in [3.63, 3.8) is 0 Å². The van der Waals surface area contributed by atoms with Crippen LogP contribution in [0.4, 0.5) is 8.78 Å². The van der Waals surface area contributed by atoms with Gasteiger partial charge in [0.1, 0.15) is 0 Å². The van der Waals surface area contributed by atoms with Gasteiger partial charge in [0.15, 0.2) is 0 Å². The Balaban J connectivity index is 2.64. The minimum atomic E-state index is -2.19. The molecule has 1 aliphatic heterocycles. The molecular weight excluding hydrogens is 172 g/mol. The normalized spacial score (nSPS) is 31.6. The molecule has 0 saturated carbocycles. The summed E-state index contributed by atoms with van der Waals surface area (Å²) in [6.45, 7) is 9.22. The van der Waals surface area contributed by atoms with Crippen LogP contribution in [0.3, 0.4) is 0 Å². The van der Waals surface area contributed by atoms with Crippen molar-refractivity contribution in [3.05, 3.63) is 0 Å². The zero-order chi connectivity index (χ0) is 10.3. The van der Waals surface area contributed by atoms with E-state index in [4.69, 9.17) is 0 Å². The van der Waals surface area contributed by atoms with Gasteiger partial charge in [-0.1, -0.05) is 6.92 Å². The van der Waals surface area contributed by atoms with E-state index < -0.39 is 11.8 Å². The lowest BCUT2D eigenvalue weighted by Crippen LogP contribution is -2.41. The summed E-state index contributed by atoms with van der Waals surface area (Å²) in [5.41, 5.74) is -0.764. The Morgan fingerprint density at radius 1 is 1.31 bits per heavy atom. The highest BCUT2D eigenvalue weighted by Crippen LogP contribution is 2.38. The maximum absolute atomic E-state index is 12.7. The first-order valence-corrected chi connectivity index (χ1v) is 4.79. The zero-order valence-electron chi connectivity index (χ0n) is 8.90.